The molecule has 0 radical (unpaired) electrons. The van der Waals surface area contributed by atoms with Gasteiger partial charge in [0.05, 0.1) is 22.9 Å². The third-order valence-corrected chi connectivity index (χ3v) is 4.99. The highest BCUT2D eigenvalue weighted by Crippen LogP contribution is 2.45. The average molecular weight is 276 g/mol. The number of ether oxygens (including phenoxy) is 1. The molecule has 110 valence electrons. The maximum atomic E-state index is 11.4. The highest BCUT2D eigenvalue weighted by Gasteiger charge is 2.43. The number of aldehydes is 1. The van der Waals surface area contributed by atoms with Crippen molar-refractivity contribution in [3.05, 3.63) is 17.0 Å². The topological polar surface area (TPSA) is 44.1 Å². The molecule has 2 heterocycles. The van der Waals surface area contributed by atoms with Crippen LogP contribution in [0.3, 0.4) is 0 Å². The Kier molecular flexibility index (Phi) is 3.67. The van der Waals surface area contributed by atoms with E-state index in [1.807, 2.05) is 0 Å². The summed E-state index contributed by atoms with van der Waals surface area (Å²) in [6.45, 7) is 5.00. The average Bonchev–Trinajstić information content (AvgIpc) is 2.83. The second-order valence-electron chi connectivity index (χ2n) is 6.11. The summed E-state index contributed by atoms with van der Waals surface area (Å²) >= 11 is 0. The van der Waals surface area contributed by atoms with Crippen molar-refractivity contribution in [1.82, 2.24) is 9.78 Å². The van der Waals surface area contributed by atoms with Gasteiger partial charge >= 0.3 is 0 Å². The van der Waals surface area contributed by atoms with E-state index in [1.165, 1.54) is 19.3 Å². The van der Waals surface area contributed by atoms with Crippen molar-refractivity contribution in [1.29, 1.82) is 0 Å². The minimum Gasteiger partial charge on any atom is -0.375 e. The van der Waals surface area contributed by atoms with E-state index in [9.17, 15) is 4.79 Å². The molecule has 4 heteroatoms. The van der Waals surface area contributed by atoms with Gasteiger partial charge in [0.25, 0.3) is 0 Å². The number of rotatable bonds is 4. The van der Waals surface area contributed by atoms with Crippen molar-refractivity contribution in [2.45, 2.75) is 70.4 Å². The summed E-state index contributed by atoms with van der Waals surface area (Å²) in [6, 6.07) is 0.401. The van der Waals surface area contributed by atoms with Crippen molar-refractivity contribution in [3.63, 3.8) is 0 Å². The summed E-state index contributed by atoms with van der Waals surface area (Å²) in [7, 11) is 0. The molecule has 0 aromatic carbocycles. The van der Waals surface area contributed by atoms with Crippen molar-refractivity contribution in [2.24, 2.45) is 0 Å². The lowest BCUT2D eigenvalue weighted by Crippen LogP contribution is -2.46. The van der Waals surface area contributed by atoms with Gasteiger partial charge in [-0.25, -0.2) is 0 Å². The maximum absolute atomic E-state index is 11.4. The largest absolute Gasteiger partial charge is 0.375 e. The van der Waals surface area contributed by atoms with E-state index in [1.54, 1.807) is 0 Å². The molecule has 1 saturated heterocycles. The van der Waals surface area contributed by atoms with E-state index in [2.05, 4.69) is 18.5 Å². The van der Waals surface area contributed by atoms with Crippen LogP contribution in [-0.2, 0) is 17.6 Å². The van der Waals surface area contributed by atoms with E-state index < -0.39 is 0 Å². The number of hydrogen-bond acceptors (Lipinski definition) is 3. The smallest absolute Gasteiger partial charge is 0.153 e. The van der Waals surface area contributed by atoms with Gasteiger partial charge in [0.2, 0.25) is 0 Å². The molecule has 1 spiro atoms. The molecule has 2 fully saturated rings. The molecule has 3 rings (SSSR count). The van der Waals surface area contributed by atoms with Crippen LogP contribution in [0.2, 0.25) is 0 Å². The zero-order chi connectivity index (χ0) is 14.2. The Morgan fingerprint density at radius 1 is 1.40 bits per heavy atom. The number of hydrogen-bond donors (Lipinski definition) is 0. The number of carbonyl (C=O) groups excluding carboxylic acids is 1. The predicted molar refractivity (Wildman–Crippen MR) is 77.2 cm³/mol. The lowest BCUT2D eigenvalue weighted by Gasteiger charge is -2.47. The summed E-state index contributed by atoms with van der Waals surface area (Å²) < 4.78 is 8.15. The predicted octanol–water partition coefficient (Wildman–Crippen LogP) is 3.09. The fourth-order valence-electron chi connectivity index (χ4n) is 3.72. The Labute approximate surface area is 120 Å². The van der Waals surface area contributed by atoms with Crippen LogP contribution in [0.25, 0.3) is 0 Å². The van der Waals surface area contributed by atoms with E-state index in [0.29, 0.717) is 6.04 Å². The second-order valence-corrected chi connectivity index (χ2v) is 6.11. The van der Waals surface area contributed by atoms with Crippen LogP contribution in [0.4, 0.5) is 0 Å². The van der Waals surface area contributed by atoms with Gasteiger partial charge in [-0.1, -0.05) is 13.8 Å². The molecular formula is C16H24N2O2. The molecule has 1 saturated carbocycles. The minimum absolute atomic E-state index is 0.119. The van der Waals surface area contributed by atoms with E-state index in [0.717, 1.165) is 55.5 Å². The lowest BCUT2D eigenvalue weighted by atomic mass is 9.74. The molecule has 0 amide bonds. The summed E-state index contributed by atoms with van der Waals surface area (Å²) in [6.07, 6.45) is 8.40. The number of nitrogens with zero attached hydrogens (tertiary/aromatic N) is 2. The van der Waals surface area contributed by atoms with Gasteiger partial charge in [-0.15, -0.1) is 0 Å². The molecule has 0 N–H and O–H groups in total. The summed E-state index contributed by atoms with van der Waals surface area (Å²) in [4.78, 5) is 11.4. The van der Waals surface area contributed by atoms with Crippen molar-refractivity contribution < 1.29 is 9.53 Å². The zero-order valence-electron chi connectivity index (χ0n) is 12.5. The maximum Gasteiger partial charge on any atom is 0.153 e. The minimum atomic E-state index is 0.119. The summed E-state index contributed by atoms with van der Waals surface area (Å²) in [5.74, 6) is 0. The van der Waals surface area contributed by atoms with Crippen molar-refractivity contribution in [2.75, 3.05) is 6.61 Å². The van der Waals surface area contributed by atoms with Gasteiger partial charge in [0, 0.05) is 12.3 Å². The van der Waals surface area contributed by atoms with Crippen LogP contribution in [-0.4, -0.2) is 28.3 Å². The standard InChI is InChI=1S/C16H24N2O2/c1-3-14-13(11-19)15(4-2)18(17-14)12-6-9-20-16(10-12)7-5-8-16/h11-12H,3-10H2,1-2H3. The van der Waals surface area contributed by atoms with Crippen LogP contribution in [0.1, 0.15) is 73.7 Å². The molecule has 1 aromatic heterocycles. The first-order chi connectivity index (χ1) is 9.73. The van der Waals surface area contributed by atoms with Crippen LogP contribution >= 0.6 is 0 Å². The van der Waals surface area contributed by atoms with Crippen LogP contribution in [0.15, 0.2) is 0 Å². The monoisotopic (exact) mass is 276 g/mol. The Bertz CT molecular complexity index is 503. The van der Waals surface area contributed by atoms with Crippen LogP contribution < -0.4 is 0 Å². The Hall–Kier alpha value is -1.16. The van der Waals surface area contributed by atoms with Crippen LogP contribution in [0, 0.1) is 0 Å². The Morgan fingerprint density at radius 2 is 2.20 bits per heavy atom. The molecule has 20 heavy (non-hydrogen) atoms. The normalized spacial score (nSPS) is 24.6. The van der Waals surface area contributed by atoms with Gasteiger partial charge in [-0.2, -0.15) is 5.10 Å². The van der Waals surface area contributed by atoms with E-state index in [-0.39, 0.29) is 5.60 Å². The SMILES string of the molecule is CCc1nn(C2CCOC3(CCC3)C2)c(CC)c1C=O. The number of carbonyl (C=O) groups is 1. The molecule has 1 aromatic rings. The Balaban J connectivity index is 1.92. The third-order valence-electron chi connectivity index (χ3n) is 4.99. The highest BCUT2D eigenvalue weighted by molar-refractivity contribution is 5.78. The molecule has 1 aliphatic heterocycles. The van der Waals surface area contributed by atoms with Gasteiger partial charge in [0.1, 0.15) is 0 Å². The summed E-state index contributed by atoms with van der Waals surface area (Å²) in [5.41, 5.74) is 3.00. The first-order valence-electron chi connectivity index (χ1n) is 7.92. The number of aromatic nitrogens is 2. The van der Waals surface area contributed by atoms with Gasteiger partial charge in [-0.05, 0) is 44.9 Å². The first-order valence-corrected chi connectivity index (χ1v) is 7.92. The quantitative estimate of drug-likeness (QED) is 0.794. The third kappa shape index (κ3) is 2.10. The Morgan fingerprint density at radius 3 is 2.75 bits per heavy atom. The van der Waals surface area contributed by atoms with Crippen molar-refractivity contribution >= 4 is 6.29 Å². The van der Waals surface area contributed by atoms with E-state index >= 15 is 0 Å². The molecule has 0 bridgehead atoms. The lowest BCUT2D eigenvalue weighted by molar-refractivity contribution is -0.141. The highest BCUT2D eigenvalue weighted by atomic mass is 16.5. The molecular weight excluding hydrogens is 252 g/mol. The summed E-state index contributed by atoms with van der Waals surface area (Å²) in [5, 5.41) is 4.75. The fraction of sp³-hybridized carbons (Fsp3) is 0.750. The van der Waals surface area contributed by atoms with Crippen molar-refractivity contribution in [3.8, 4) is 0 Å². The molecule has 1 unspecified atom stereocenters. The molecule has 4 nitrogen and oxygen atoms in total. The second kappa shape index (κ2) is 5.32. The first kappa shape index (κ1) is 13.8. The molecule has 2 aliphatic rings. The number of aryl methyl sites for hydroxylation is 1. The van der Waals surface area contributed by atoms with E-state index in [4.69, 9.17) is 9.84 Å². The fourth-order valence-corrected chi connectivity index (χ4v) is 3.72. The van der Waals surface area contributed by atoms with Gasteiger partial charge in [0.15, 0.2) is 6.29 Å². The van der Waals surface area contributed by atoms with Gasteiger partial charge < -0.3 is 4.74 Å². The molecule has 1 aliphatic carbocycles. The molecule has 1 atom stereocenters. The van der Waals surface area contributed by atoms with Gasteiger partial charge in [-0.3, -0.25) is 9.48 Å². The zero-order valence-corrected chi connectivity index (χ0v) is 12.5. The van der Waals surface area contributed by atoms with Crippen LogP contribution in [0.5, 0.6) is 0 Å².